The molecule has 2 bridgehead atoms. The van der Waals surface area contributed by atoms with Gasteiger partial charge in [-0.25, -0.2) is 0 Å². The van der Waals surface area contributed by atoms with Gasteiger partial charge in [0.15, 0.2) is 0 Å². The Labute approximate surface area is 131 Å². The fourth-order valence-corrected chi connectivity index (χ4v) is 5.02. The van der Waals surface area contributed by atoms with E-state index in [1.165, 1.54) is 19.3 Å². The van der Waals surface area contributed by atoms with Crippen LogP contribution in [0.1, 0.15) is 37.7 Å². The van der Waals surface area contributed by atoms with Crippen molar-refractivity contribution >= 4 is 5.91 Å². The van der Waals surface area contributed by atoms with E-state index in [1.807, 2.05) is 18.2 Å². The Bertz CT molecular complexity index is 595. The summed E-state index contributed by atoms with van der Waals surface area (Å²) < 4.78 is 6.00. The van der Waals surface area contributed by atoms with Gasteiger partial charge in [-0.15, -0.1) is 0 Å². The molecule has 4 saturated carbocycles. The molecule has 0 aliphatic heterocycles. The molecular formula is C19H23NO2. The second-order valence-electron chi connectivity index (χ2n) is 7.81. The predicted molar refractivity (Wildman–Crippen MR) is 82.9 cm³/mol. The lowest BCUT2D eigenvalue weighted by Crippen LogP contribution is -2.46. The minimum absolute atomic E-state index is 0.151. The maximum Gasteiger partial charge on any atom is 0.252 e. The van der Waals surface area contributed by atoms with Crippen molar-refractivity contribution in [3.63, 3.8) is 0 Å². The van der Waals surface area contributed by atoms with Crippen LogP contribution in [-0.4, -0.2) is 17.6 Å². The summed E-state index contributed by atoms with van der Waals surface area (Å²) in [5.41, 5.74) is 0.614. The molecule has 116 valence electrons. The number of fused-ring (bicyclic) bond motifs is 5. The minimum Gasteiger partial charge on any atom is -0.360 e. The first-order valence-electron chi connectivity index (χ1n) is 8.74. The molecular weight excluding hydrogens is 274 g/mol. The highest BCUT2D eigenvalue weighted by Crippen LogP contribution is 2.65. The van der Waals surface area contributed by atoms with Gasteiger partial charge in [-0.2, -0.15) is 0 Å². The monoisotopic (exact) mass is 297 g/mol. The molecule has 0 aromatic heterocycles. The van der Waals surface area contributed by atoms with Crippen molar-refractivity contribution in [1.82, 2.24) is 5.32 Å². The number of rotatable bonds is 5. The number of carbonyl (C=O) groups is 1. The van der Waals surface area contributed by atoms with Crippen LogP contribution in [0.5, 0.6) is 0 Å². The average Bonchev–Trinajstić information content (AvgIpc) is 3.45. The third-order valence-electron chi connectivity index (χ3n) is 6.49. The topological polar surface area (TPSA) is 38.3 Å². The third-order valence-corrected chi connectivity index (χ3v) is 6.49. The molecule has 22 heavy (non-hydrogen) atoms. The number of carbonyl (C=O) groups excluding carboxylic acids is 1. The van der Waals surface area contributed by atoms with E-state index in [0.717, 1.165) is 42.1 Å². The lowest BCUT2D eigenvalue weighted by molar-refractivity contribution is -0.137. The van der Waals surface area contributed by atoms with Crippen LogP contribution in [0, 0.1) is 23.7 Å². The van der Waals surface area contributed by atoms with Gasteiger partial charge < -0.3 is 10.1 Å². The van der Waals surface area contributed by atoms with E-state index >= 15 is 0 Å². The van der Waals surface area contributed by atoms with E-state index in [-0.39, 0.29) is 5.91 Å². The molecule has 0 heterocycles. The first-order chi connectivity index (χ1) is 10.8. The molecule has 5 atom stereocenters. The zero-order valence-corrected chi connectivity index (χ0v) is 12.8. The zero-order valence-electron chi connectivity index (χ0n) is 12.8. The van der Waals surface area contributed by atoms with Crippen LogP contribution < -0.4 is 5.32 Å². The highest BCUT2D eigenvalue weighted by Gasteiger charge is 2.62. The zero-order chi connectivity index (χ0) is 14.7. The second-order valence-corrected chi connectivity index (χ2v) is 7.81. The number of ether oxygens (including phenoxy) is 1. The van der Waals surface area contributed by atoms with Crippen molar-refractivity contribution < 1.29 is 9.53 Å². The van der Waals surface area contributed by atoms with Gasteiger partial charge in [-0.3, -0.25) is 4.79 Å². The largest absolute Gasteiger partial charge is 0.360 e. The molecule has 4 fully saturated rings. The van der Waals surface area contributed by atoms with Crippen LogP contribution in [-0.2, 0) is 16.1 Å². The van der Waals surface area contributed by atoms with Crippen molar-refractivity contribution in [1.29, 1.82) is 0 Å². The van der Waals surface area contributed by atoms with Crippen molar-refractivity contribution in [3.8, 4) is 0 Å². The van der Waals surface area contributed by atoms with Crippen molar-refractivity contribution in [3.05, 3.63) is 35.9 Å². The van der Waals surface area contributed by atoms with Gasteiger partial charge in [0.25, 0.3) is 5.91 Å². The van der Waals surface area contributed by atoms with E-state index in [2.05, 4.69) is 17.4 Å². The Morgan fingerprint density at radius 3 is 2.59 bits per heavy atom. The lowest BCUT2D eigenvalue weighted by Gasteiger charge is -2.25. The van der Waals surface area contributed by atoms with E-state index < -0.39 is 5.60 Å². The summed E-state index contributed by atoms with van der Waals surface area (Å²) in [6, 6.07) is 10.6. The predicted octanol–water partition coefficient (Wildman–Crippen LogP) is 2.90. The Kier molecular flexibility index (Phi) is 2.73. The molecule has 0 radical (unpaired) electrons. The fraction of sp³-hybridized carbons (Fsp3) is 0.632. The van der Waals surface area contributed by atoms with Crippen LogP contribution in [0.4, 0.5) is 0 Å². The fourth-order valence-electron chi connectivity index (χ4n) is 5.02. The molecule has 0 saturated heterocycles. The molecule has 3 nitrogen and oxygen atoms in total. The molecule has 0 spiro atoms. The molecule has 4 aliphatic rings. The van der Waals surface area contributed by atoms with Gasteiger partial charge in [0.05, 0.1) is 6.61 Å². The molecule has 1 aromatic carbocycles. The van der Waals surface area contributed by atoms with Crippen molar-refractivity contribution in [2.45, 2.75) is 50.4 Å². The van der Waals surface area contributed by atoms with Gasteiger partial charge in [0.2, 0.25) is 0 Å². The smallest absolute Gasteiger partial charge is 0.252 e. The quantitative estimate of drug-likeness (QED) is 0.907. The molecule has 3 heteroatoms. The van der Waals surface area contributed by atoms with Crippen LogP contribution >= 0.6 is 0 Å². The molecule has 1 aromatic rings. The SMILES string of the molecule is O=C(NC1CC2CC1C1CC21)C1(OCc2ccccc2)CC1. The Morgan fingerprint density at radius 2 is 1.91 bits per heavy atom. The number of benzene rings is 1. The minimum atomic E-state index is -0.527. The lowest BCUT2D eigenvalue weighted by atomic mass is 9.95. The number of amides is 1. The van der Waals surface area contributed by atoms with E-state index in [1.54, 1.807) is 0 Å². The highest BCUT2D eigenvalue weighted by molar-refractivity contribution is 5.88. The molecule has 5 rings (SSSR count). The second kappa shape index (κ2) is 4.58. The molecule has 5 unspecified atom stereocenters. The Balaban J connectivity index is 1.20. The summed E-state index contributed by atoms with van der Waals surface area (Å²) in [7, 11) is 0. The number of nitrogens with one attached hydrogen (secondary N) is 1. The number of hydrogen-bond acceptors (Lipinski definition) is 2. The standard InChI is InChI=1S/C19H23NO2/c21-18(20-17-9-13-8-16(17)15-10-14(13)15)19(6-7-19)22-11-12-4-2-1-3-5-12/h1-5,13-17H,6-11H2,(H,20,21). The van der Waals surface area contributed by atoms with E-state index in [9.17, 15) is 4.79 Å². The van der Waals surface area contributed by atoms with Crippen molar-refractivity contribution in [2.24, 2.45) is 23.7 Å². The van der Waals surface area contributed by atoms with Crippen LogP contribution in [0.25, 0.3) is 0 Å². The first kappa shape index (κ1) is 13.1. The van der Waals surface area contributed by atoms with E-state index in [0.29, 0.717) is 12.6 Å². The first-order valence-corrected chi connectivity index (χ1v) is 8.74. The Hall–Kier alpha value is -1.35. The summed E-state index contributed by atoms with van der Waals surface area (Å²) in [4.78, 5) is 12.7. The summed E-state index contributed by atoms with van der Waals surface area (Å²) in [6.45, 7) is 0.537. The normalized spacial score (nSPS) is 39.4. The third kappa shape index (κ3) is 2.02. The summed E-state index contributed by atoms with van der Waals surface area (Å²) in [6.07, 6.45) is 5.75. The average molecular weight is 297 g/mol. The van der Waals surface area contributed by atoms with Gasteiger partial charge in [0.1, 0.15) is 5.60 Å². The highest BCUT2D eigenvalue weighted by atomic mass is 16.5. The van der Waals surface area contributed by atoms with Gasteiger partial charge in [-0.05, 0) is 61.3 Å². The summed E-state index contributed by atoms with van der Waals surface area (Å²) in [5.74, 6) is 3.77. The van der Waals surface area contributed by atoms with Gasteiger partial charge in [0, 0.05) is 6.04 Å². The van der Waals surface area contributed by atoms with Crippen LogP contribution in [0.3, 0.4) is 0 Å². The Morgan fingerprint density at radius 1 is 1.09 bits per heavy atom. The van der Waals surface area contributed by atoms with Crippen molar-refractivity contribution in [2.75, 3.05) is 0 Å². The molecule has 4 aliphatic carbocycles. The maximum absolute atomic E-state index is 12.7. The maximum atomic E-state index is 12.7. The van der Waals surface area contributed by atoms with Crippen LogP contribution in [0.2, 0.25) is 0 Å². The number of hydrogen-bond donors (Lipinski definition) is 1. The summed E-state index contributed by atoms with van der Waals surface area (Å²) >= 11 is 0. The van der Waals surface area contributed by atoms with Crippen LogP contribution in [0.15, 0.2) is 30.3 Å². The van der Waals surface area contributed by atoms with Gasteiger partial charge >= 0.3 is 0 Å². The molecule has 1 N–H and O–H groups in total. The van der Waals surface area contributed by atoms with Gasteiger partial charge in [-0.1, -0.05) is 30.3 Å². The summed E-state index contributed by atoms with van der Waals surface area (Å²) in [5, 5.41) is 3.34. The molecule has 1 amide bonds. The van der Waals surface area contributed by atoms with E-state index in [4.69, 9.17) is 4.74 Å².